The molecule has 11 heavy (non-hydrogen) atoms. The Hall–Kier alpha value is -0.0400. The molecule has 0 aromatic carbocycles. The van der Waals surface area contributed by atoms with Crippen LogP contribution in [0.5, 0.6) is 0 Å². The van der Waals surface area contributed by atoms with Crippen molar-refractivity contribution in [1.82, 2.24) is 4.90 Å². The molecule has 6 unspecified atom stereocenters. The predicted molar refractivity (Wildman–Crippen MR) is 45.2 cm³/mol. The molecule has 0 aromatic rings. The predicted octanol–water partition coefficient (Wildman–Crippen LogP) is 1.45. The summed E-state index contributed by atoms with van der Waals surface area (Å²) in [6.45, 7) is 2.36. The van der Waals surface area contributed by atoms with Crippen molar-refractivity contribution in [3.63, 3.8) is 0 Å². The van der Waals surface area contributed by atoms with E-state index in [0.717, 1.165) is 23.8 Å². The molecule has 1 heteroatoms. The van der Waals surface area contributed by atoms with Crippen LogP contribution in [0.3, 0.4) is 0 Å². The fourth-order valence-corrected chi connectivity index (χ4v) is 4.15. The third-order valence-electron chi connectivity index (χ3n) is 4.48. The largest absolute Gasteiger partial charge is 0.306 e. The van der Waals surface area contributed by atoms with Crippen LogP contribution in [0.4, 0.5) is 0 Å². The molecule has 3 saturated carbocycles. The van der Waals surface area contributed by atoms with Gasteiger partial charge < -0.3 is 4.90 Å². The molecule has 62 valence electrons. The van der Waals surface area contributed by atoms with Crippen molar-refractivity contribution in [2.24, 2.45) is 29.6 Å². The fourth-order valence-electron chi connectivity index (χ4n) is 4.15. The van der Waals surface area contributed by atoms with Gasteiger partial charge in [-0.15, -0.1) is 0 Å². The summed E-state index contributed by atoms with van der Waals surface area (Å²) in [4.78, 5) is 2.46. The van der Waals surface area contributed by atoms with Gasteiger partial charge in [-0.1, -0.05) is 13.3 Å². The average molecular weight is 151 g/mol. The van der Waals surface area contributed by atoms with E-state index in [1.165, 1.54) is 18.3 Å². The second-order valence-corrected chi connectivity index (χ2v) is 4.84. The van der Waals surface area contributed by atoms with Gasteiger partial charge in [0.1, 0.15) is 0 Å². The van der Waals surface area contributed by atoms with Gasteiger partial charge in [0, 0.05) is 6.04 Å². The fraction of sp³-hybridized carbons (Fsp3) is 1.00. The molecule has 0 bridgehead atoms. The Labute approximate surface area is 68.8 Å². The Bertz CT molecular complexity index is 199. The molecule has 3 rings (SSSR count). The van der Waals surface area contributed by atoms with Crippen molar-refractivity contribution in [2.45, 2.75) is 19.4 Å². The van der Waals surface area contributed by atoms with E-state index in [-0.39, 0.29) is 0 Å². The van der Waals surface area contributed by atoms with Crippen LogP contribution in [-0.2, 0) is 0 Å². The third kappa shape index (κ3) is 0.488. The minimum atomic E-state index is 0.981. The van der Waals surface area contributed by atoms with E-state index >= 15 is 0 Å². The lowest BCUT2D eigenvalue weighted by molar-refractivity contribution is 0.0294. The molecule has 0 N–H and O–H groups in total. The van der Waals surface area contributed by atoms with E-state index in [0.29, 0.717) is 0 Å². The molecule has 0 radical (unpaired) electrons. The highest BCUT2D eigenvalue weighted by Gasteiger charge is 2.81. The van der Waals surface area contributed by atoms with Crippen molar-refractivity contribution in [2.75, 3.05) is 14.1 Å². The average Bonchev–Trinajstić information content (AvgIpc) is 2.35. The molecular weight excluding hydrogens is 134 g/mol. The normalized spacial score (nSPS) is 63.3. The molecule has 1 nitrogen and oxygen atoms in total. The maximum Gasteiger partial charge on any atom is 0.0157 e. The molecule has 0 amide bonds. The Morgan fingerprint density at radius 1 is 1.00 bits per heavy atom. The highest BCUT2D eigenvalue weighted by Crippen LogP contribution is 2.81. The first kappa shape index (κ1) is 6.47. The summed E-state index contributed by atoms with van der Waals surface area (Å²) in [6, 6.07) is 0.981. The molecule has 0 heterocycles. The van der Waals surface area contributed by atoms with E-state index in [2.05, 4.69) is 25.9 Å². The minimum absolute atomic E-state index is 0.981. The van der Waals surface area contributed by atoms with Crippen LogP contribution in [0.2, 0.25) is 0 Å². The van der Waals surface area contributed by atoms with Gasteiger partial charge in [0.15, 0.2) is 0 Å². The van der Waals surface area contributed by atoms with Gasteiger partial charge in [-0.2, -0.15) is 0 Å². The van der Waals surface area contributed by atoms with Crippen LogP contribution in [0, 0.1) is 29.6 Å². The molecule has 0 spiro atoms. The molecule has 3 aliphatic carbocycles. The van der Waals surface area contributed by atoms with E-state index < -0.39 is 0 Å². The maximum absolute atomic E-state index is 2.46. The summed E-state index contributed by atoms with van der Waals surface area (Å²) < 4.78 is 0. The molecule has 0 aromatic heterocycles. The number of hydrogen-bond donors (Lipinski definition) is 0. The Kier molecular flexibility index (Phi) is 0.976. The van der Waals surface area contributed by atoms with Crippen LogP contribution in [0.1, 0.15) is 13.3 Å². The first-order chi connectivity index (χ1) is 5.27. The lowest BCUT2D eigenvalue weighted by Crippen LogP contribution is -2.49. The zero-order valence-electron chi connectivity index (χ0n) is 7.62. The number of rotatable bonds is 2. The summed E-state index contributed by atoms with van der Waals surface area (Å²) in [5.41, 5.74) is 0. The first-order valence-corrected chi connectivity index (χ1v) is 4.93. The van der Waals surface area contributed by atoms with E-state index in [4.69, 9.17) is 0 Å². The third-order valence-corrected chi connectivity index (χ3v) is 4.48. The summed E-state index contributed by atoms with van der Waals surface area (Å²) in [5.74, 6) is 5.76. The zero-order chi connectivity index (χ0) is 7.75. The van der Waals surface area contributed by atoms with Gasteiger partial charge in [-0.05, 0) is 43.7 Å². The quantitative estimate of drug-likeness (QED) is 0.577. The van der Waals surface area contributed by atoms with Gasteiger partial charge in [0.05, 0.1) is 0 Å². The van der Waals surface area contributed by atoms with Crippen LogP contribution in [-0.4, -0.2) is 25.0 Å². The van der Waals surface area contributed by atoms with Crippen molar-refractivity contribution in [3.05, 3.63) is 0 Å². The van der Waals surface area contributed by atoms with Gasteiger partial charge in [0.2, 0.25) is 0 Å². The molecule has 3 aliphatic rings. The summed E-state index contributed by atoms with van der Waals surface area (Å²) in [5, 5.41) is 0. The minimum Gasteiger partial charge on any atom is -0.306 e. The van der Waals surface area contributed by atoms with Gasteiger partial charge in [0.25, 0.3) is 0 Å². The number of fused-ring (bicyclic) bond motifs is 1. The summed E-state index contributed by atoms with van der Waals surface area (Å²) in [6.07, 6.45) is 1.44. The van der Waals surface area contributed by atoms with Gasteiger partial charge in [-0.3, -0.25) is 0 Å². The van der Waals surface area contributed by atoms with Crippen LogP contribution >= 0.6 is 0 Å². The second-order valence-electron chi connectivity index (χ2n) is 4.84. The zero-order valence-corrected chi connectivity index (χ0v) is 7.62. The lowest BCUT2D eigenvalue weighted by atomic mass is 9.66. The van der Waals surface area contributed by atoms with Crippen LogP contribution < -0.4 is 0 Å². The Morgan fingerprint density at radius 2 is 1.73 bits per heavy atom. The monoisotopic (exact) mass is 151 g/mol. The van der Waals surface area contributed by atoms with Gasteiger partial charge >= 0.3 is 0 Å². The van der Waals surface area contributed by atoms with E-state index in [9.17, 15) is 0 Å². The highest BCUT2D eigenvalue weighted by atomic mass is 15.2. The Balaban J connectivity index is 1.78. The van der Waals surface area contributed by atoms with Crippen molar-refractivity contribution < 1.29 is 0 Å². The second kappa shape index (κ2) is 1.66. The lowest BCUT2D eigenvalue weighted by Gasteiger charge is -2.45. The maximum atomic E-state index is 2.46. The summed E-state index contributed by atoms with van der Waals surface area (Å²) >= 11 is 0. The molecule has 0 aliphatic heterocycles. The Morgan fingerprint density at radius 3 is 2.09 bits per heavy atom. The number of hydrogen-bond acceptors (Lipinski definition) is 1. The van der Waals surface area contributed by atoms with Crippen molar-refractivity contribution in [3.8, 4) is 0 Å². The molecule has 0 saturated heterocycles. The van der Waals surface area contributed by atoms with Gasteiger partial charge in [-0.25, -0.2) is 0 Å². The van der Waals surface area contributed by atoms with Crippen molar-refractivity contribution in [1.29, 1.82) is 0 Å². The molecule has 6 atom stereocenters. The summed E-state index contributed by atoms with van der Waals surface area (Å²) in [7, 11) is 4.50. The van der Waals surface area contributed by atoms with Crippen molar-refractivity contribution >= 4 is 0 Å². The SMILES string of the molecule is CCC1C2C3C1C(N(C)C)C23. The topological polar surface area (TPSA) is 3.24 Å². The highest BCUT2D eigenvalue weighted by molar-refractivity contribution is 5.30. The van der Waals surface area contributed by atoms with Crippen LogP contribution in [0.15, 0.2) is 0 Å². The van der Waals surface area contributed by atoms with E-state index in [1.54, 1.807) is 0 Å². The number of nitrogens with zero attached hydrogens (tertiary/aromatic N) is 1. The molecular formula is C10H17N. The molecule has 3 fully saturated rings. The standard InChI is InChI=1S/C10H17N/c1-4-5-6-8-7(5)10(9(6)8)11(2)3/h5-10H,4H2,1-3H3. The van der Waals surface area contributed by atoms with Crippen LogP contribution in [0.25, 0.3) is 0 Å². The van der Waals surface area contributed by atoms with E-state index in [1.807, 2.05) is 0 Å². The smallest absolute Gasteiger partial charge is 0.0157 e. The first-order valence-electron chi connectivity index (χ1n) is 4.93.